The minimum absolute atomic E-state index is 0.654. The molecule has 5 rings (SSSR count). The average molecular weight is 397 g/mol. The molecule has 0 unspecified atom stereocenters. The fourth-order valence-electron chi connectivity index (χ4n) is 3.44. The van der Waals surface area contributed by atoms with Crippen LogP contribution >= 0.6 is 11.6 Å². The molecule has 0 fully saturated rings. The lowest BCUT2D eigenvalue weighted by Gasteiger charge is -2.10. The van der Waals surface area contributed by atoms with Crippen molar-refractivity contribution in [1.29, 1.82) is 0 Å². The summed E-state index contributed by atoms with van der Waals surface area (Å²) in [7, 11) is 0. The van der Waals surface area contributed by atoms with Crippen LogP contribution in [-0.4, -0.2) is 19.7 Å². The standard InChI is InChI=1S/C24H17ClN4/c1-16-21-24(29(28-16)20-14-8-13-19(25)15-20)27-23(18-11-6-3-7-12-18)22(26-21)17-9-4-2-5-10-17/h2-15H,1H3. The van der Waals surface area contributed by atoms with Crippen molar-refractivity contribution in [2.24, 2.45) is 0 Å². The van der Waals surface area contributed by atoms with Gasteiger partial charge in [0.15, 0.2) is 5.65 Å². The third-order valence-corrected chi connectivity index (χ3v) is 5.05. The van der Waals surface area contributed by atoms with Gasteiger partial charge in [-0.05, 0) is 25.1 Å². The molecule has 0 aliphatic heterocycles. The third kappa shape index (κ3) is 3.18. The number of hydrogen-bond donors (Lipinski definition) is 0. The van der Waals surface area contributed by atoms with E-state index in [1.807, 2.05) is 72.3 Å². The normalized spacial score (nSPS) is 11.1. The lowest BCUT2D eigenvalue weighted by atomic mass is 10.0. The minimum atomic E-state index is 0.654. The van der Waals surface area contributed by atoms with E-state index in [1.165, 1.54) is 0 Å². The third-order valence-electron chi connectivity index (χ3n) is 4.82. The molecule has 0 amide bonds. The fourth-order valence-corrected chi connectivity index (χ4v) is 3.63. The first-order valence-corrected chi connectivity index (χ1v) is 9.72. The van der Waals surface area contributed by atoms with E-state index in [2.05, 4.69) is 24.3 Å². The second-order valence-electron chi connectivity index (χ2n) is 6.80. The molecule has 2 aromatic heterocycles. The number of rotatable bonds is 3. The van der Waals surface area contributed by atoms with Crippen LogP contribution in [0, 0.1) is 6.92 Å². The Hall–Kier alpha value is -3.50. The molecule has 2 heterocycles. The molecule has 0 bridgehead atoms. The summed E-state index contributed by atoms with van der Waals surface area (Å²) in [5.41, 5.74) is 6.88. The number of fused-ring (bicyclic) bond motifs is 1. The van der Waals surface area contributed by atoms with Gasteiger partial charge in [-0.25, -0.2) is 14.6 Å². The van der Waals surface area contributed by atoms with Crippen LogP contribution < -0.4 is 0 Å². The van der Waals surface area contributed by atoms with Crippen molar-refractivity contribution < 1.29 is 0 Å². The zero-order valence-electron chi connectivity index (χ0n) is 15.7. The zero-order chi connectivity index (χ0) is 19.8. The van der Waals surface area contributed by atoms with Crippen LogP contribution in [0.5, 0.6) is 0 Å². The number of aryl methyl sites for hydroxylation is 1. The van der Waals surface area contributed by atoms with Crippen molar-refractivity contribution in [1.82, 2.24) is 19.7 Å². The molecule has 0 atom stereocenters. The van der Waals surface area contributed by atoms with Crippen LogP contribution in [0.2, 0.25) is 5.02 Å². The molecule has 0 spiro atoms. The molecule has 0 N–H and O–H groups in total. The van der Waals surface area contributed by atoms with Gasteiger partial charge in [0, 0.05) is 16.1 Å². The Balaban J connectivity index is 1.83. The van der Waals surface area contributed by atoms with Crippen molar-refractivity contribution in [3.8, 4) is 28.2 Å². The highest BCUT2D eigenvalue weighted by molar-refractivity contribution is 6.30. The zero-order valence-corrected chi connectivity index (χ0v) is 16.5. The quantitative estimate of drug-likeness (QED) is 0.369. The summed E-state index contributed by atoms with van der Waals surface area (Å²) in [6.07, 6.45) is 0. The molecule has 0 aliphatic rings. The predicted molar refractivity (Wildman–Crippen MR) is 117 cm³/mol. The van der Waals surface area contributed by atoms with Crippen LogP contribution in [-0.2, 0) is 0 Å². The first kappa shape index (κ1) is 17.6. The lowest BCUT2D eigenvalue weighted by molar-refractivity contribution is 0.878. The molecule has 5 aromatic rings. The number of hydrogen-bond acceptors (Lipinski definition) is 3. The maximum Gasteiger partial charge on any atom is 0.182 e. The van der Waals surface area contributed by atoms with Gasteiger partial charge >= 0.3 is 0 Å². The Morgan fingerprint density at radius 2 is 1.34 bits per heavy atom. The van der Waals surface area contributed by atoms with Crippen LogP contribution in [0.3, 0.4) is 0 Å². The van der Waals surface area contributed by atoms with E-state index in [0.717, 1.165) is 39.4 Å². The average Bonchev–Trinajstić information content (AvgIpc) is 3.10. The number of benzene rings is 3. The van der Waals surface area contributed by atoms with Crippen molar-refractivity contribution in [2.45, 2.75) is 6.92 Å². The molecule has 0 saturated carbocycles. The molecule has 5 heteroatoms. The first-order chi connectivity index (χ1) is 14.2. The molecular formula is C24H17ClN4. The maximum atomic E-state index is 6.21. The molecular weight excluding hydrogens is 380 g/mol. The van der Waals surface area contributed by atoms with Gasteiger partial charge in [-0.2, -0.15) is 5.10 Å². The van der Waals surface area contributed by atoms with E-state index in [4.69, 9.17) is 26.7 Å². The number of nitrogens with zero attached hydrogens (tertiary/aromatic N) is 4. The van der Waals surface area contributed by atoms with Crippen LogP contribution in [0.4, 0.5) is 0 Å². The van der Waals surface area contributed by atoms with Crippen molar-refractivity contribution in [2.75, 3.05) is 0 Å². The van der Waals surface area contributed by atoms with Gasteiger partial charge in [0.25, 0.3) is 0 Å². The van der Waals surface area contributed by atoms with E-state index in [9.17, 15) is 0 Å². The smallest absolute Gasteiger partial charge is 0.182 e. The van der Waals surface area contributed by atoms with E-state index in [-0.39, 0.29) is 0 Å². The summed E-state index contributed by atoms with van der Waals surface area (Å²) in [5, 5.41) is 5.36. The molecule has 0 saturated heterocycles. The highest BCUT2D eigenvalue weighted by Crippen LogP contribution is 2.32. The summed E-state index contributed by atoms with van der Waals surface area (Å²) >= 11 is 6.21. The van der Waals surface area contributed by atoms with Gasteiger partial charge in [-0.15, -0.1) is 0 Å². The Labute approximate surface area is 173 Å². The van der Waals surface area contributed by atoms with Gasteiger partial charge in [0.1, 0.15) is 5.52 Å². The molecule has 0 radical (unpaired) electrons. The molecule has 29 heavy (non-hydrogen) atoms. The van der Waals surface area contributed by atoms with Crippen LogP contribution in [0.25, 0.3) is 39.4 Å². The van der Waals surface area contributed by atoms with Gasteiger partial charge in [-0.3, -0.25) is 0 Å². The van der Waals surface area contributed by atoms with Crippen molar-refractivity contribution in [3.63, 3.8) is 0 Å². The van der Waals surface area contributed by atoms with Crippen molar-refractivity contribution in [3.05, 3.63) is 95.6 Å². The SMILES string of the molecule is Cc1nn(-c2cccc(Cl)c2)c2nc(-c3ccccc3)c(-c3ccccc3)nc12. The van der Waals surface area contributed by atoms with E-state index < -0.39 is 0 Å². The van der Waals surface area contributed by atoms with Gasteiger partial charge in [-0.1, -0.05) is 78.3 Å². The van der Waals surface area contributed by atoms with E-state index in [0.29, 0.717) is 10.7 Å². The second kappa shape index (κ2) is 7.15. The van der Waals surface area contributed by atoms with Gasteiger partial charge in [0.05, 0.1) is 22.8 Å². The second-order valence-corrected chi connectivity index (χ2v) is 7.24. The summed E-state index contributed by atoms with van der Waals surface area (Å²) in [6, 6.07) is 27.8. The lowest BCUT2D eigenvalue weighted by Crippen LogP contribution is -2.00. The predicted octanol–water partition coefficient (Wildman–Crippen LogP) is 6.11. The first-order valence-electron chi connectivity index (χ1n) is 9.35. The summed E-state index contributed by atoms with van der Waals surface area (Å²) in [5.74, 6) is 0. The van der Waals surface area contributed by atoms with E-state index in [1.54, 1.807) is 0 Å². The summed E-state index contributed by atoms with van der Waals surface area (Å²) < 4.78 is 1.81. The Bertz CT molecular complexity index is 1310. The van der Waals surface area contributed by atoms with Crippen LogP contribution in [0.15, 0.2) is 84.9 Å². The molecule has 140 valence electrons. The van der Waals surface area contributed by atoms with Crippen molar-refractivity contribution >= 4 is 22.8 Å². The highest BCUT2D eigenvalue weighted by atomic mass is 35.5. The number of halogens is 1. The topological polar surface area (TPSA) is 43.6 Å². The monoisotopic (exact) mass is 396 g/mol. The highest BCUT2D eigenvalue weighted by Gasteiger charge is 2.18. The Morgan fingerprint density at radius 1 is 0.724 bits per heavy atom. The minimum Gasteiger partial charge on any atom is -0.240 e. The van der Waals surface area contributed by atoms with Gasteiger partial charge in [0.2, 0.25) is 0 Å². The largest absolute Gasteiger partial charge is 0.240 e. The maximum absolute atomic E-state index is 6.21. The number of aromatic nitrogens is 4. The Kier molecular flexibility index (Phi) is 4.34. The van der Waals surface area contributed by atoms with Crippen LogP contribution in [0.1, 0.15) is 5.69 Å². The summed E-state index contributed by atoms with van der Waals surface area (Å²) in [4.78, 5) is 10.1. The molecule has 3 aromatic carbocycles. The molecule has 4 nitrogen and oxygen atoms in total. The summed E-state index contributed by atoms with van der Waals surface area (Å²) in [6.45, 7) is 1.95. The molecule has 0 aliphatic carbocycles. The Morgan fingerprint density at radius 3 is 1.97 bits per heavy atom. The fraction of sp³-hybridized carbons (Fsp3) is 0.0417. The van der Waals surface area contributed by atoms with E-state index >= 15 is 0 Å². The van der Waals surface area contributed by atoms with Gasteiger partial charge < -0.3 is 0 Å².